The highest BCUT2D eigenvalue weighted by Crippen LogP contribution is 2.31. The van der Waals surface area contributed by atoms with E-state index in [0.29, 0.717) is 28.5 Å². The van der Waals surface area contributed by atoms with E-state index in [0.717, 1.165) is 5.39 Å². The number of nitrogens with zero attached hydrogens (tertiary/aromatic N) is 1. The second-order valence-corrected chi connectivity index (χ2v) is 8.03. The van der Waals surface area contributed by atoms with Gasteiger partial charge in [0.05, 0.1) is 19.7 Å². The Morgan fingerprint density at radius 3 is 2.36 bits per heavy atom. The van der Waals surface area contributed by atoms with Gasteiger partial charge >= 0.3 is 12.1 Å². The Morgan fingerprint density at radius 2 is 1.70 bits per heavy atom. The molecule has 0 saturated carbocycles. The number of benzene rings is 2. The van der Waals surface area contributed by atoms with Crippen LogP contribution in [0.2, 0.25) is 0 Å². The molecule has 0 unspecified atom stereocenters. The van der Waals surface area contributed by atoms with Crippen LogP contribution in [0.25, 0.3) is 17.0 Å². The van der Waals surface area contributed by atoms with Crippen molar-refractivity contribution in [2.75, 3.05) is 14.2 Å². The van der Waals surface area contributed by atoms with E-state index in [-0.39, 0.29) is 5.70 Å². The lowest BCUT2D eigenvalue weighted by Crippen LogP contribution is -2.34. The fourth-order valence-corrected chi connectivity index (χ4v) is 2.92. The van der Waals surface area contributed by atoms with Crippen LogP contribution in [0.4, 0.5) is 4.79 Å². The Kier molecular flexibility index (Phi) is 7.17. The SMILES string of the molecule is COC(=O)C(=Cc1ccc2nc(Oc3ccccc3OC)ccc2c1)NC(=O)OC(C)(C)C. The summed E-state index contributed by atoms with van der Waals surface area (Å²) in [5.41, 5.74) is 0.609. The van der Waals surface area contributed by atoms with Crippen LogP contribution in [0, 0.1) is 0 Å². The summed E-state index contributed by atoms with van der Waals surface area (Å²) in [6.07, 6.45) is 0.758. The average Bonchev–Trinajstić information content (AvgIpc) is 2.77. The molecule has 1 amide bonds. The standard InChI is InChI=1S/C25H26N2O6/c1-25(2,3)33-24(29)27-19(23(28)31-5)15-16-10-12-18-17(14-16)11-13-22(26-18)32-21-9-7-6-8-20(21)30-4/h6-15H,1-5H3,(H,27,29). The van der Waals surface area contributed by atoms with Gasteiger partial charge in [0.2, 0.25) is 5.88 Å². The number of ether oxygens (including phenoxy) is 4. The van der Waals surface area contributed by atoms with Crippen molar-refractivity contribution in [3.8, 4) is 17.4 Å². The van der Waals surface area contributed by atoms with Gasteiger partial charge in [-0.15, -0.1) is 0 Å². The van der Waals surface area contributed by atoms with Crippen LogP contribution in [-0.4, -0.2) is 36.9 Å². The number of carbonyl (C=O) groups is 2. The summed E-state index contributed by atoms with van der Waals surface area (Å²) in [5, 5.41) is 3.26. The van der Waals surface area contributed by atoms with Gasteiger partial charge in [-0.2, -0.15) is 0 Å². The van der Waals surface area contributed by atoms with Gasteiger partial charge in [0.1, 0.15) is 11.3 Å². The van der Waals surface area contributed by atoms with Crippen molar-refractivity contribution < 1.29 is 28.5 Å². The van der Waals surface area contributed by atoms with Gasteiger partial charge in [0.15, 0.2) is 11.5 Å². The predicted molar refractivity (Wildman–Crippen MR) is 124 cm³/mol. The zero-order valence-corrected chi connectivity index (χ0v) is 19.2. The van der Waals surface area contributed by atoms with Crippen LogP contribution >= 0.6 is 0 Å². The van der Waals surface area contributed by atoms with Gasteiger partial charge < -0.3 is 18.9 Å². The fraction of sp³-hybridized carbons (Fsp3) is 0.240. The van der Waals surface area contributed by atoms with Crippen LogP contribution in [0.5, 0.6) is 17.4 Å². The number of hydrogen-bond acceptors (Lipinski definition) is 7. The molecule has 0 aliphatic rings. The van der Waals surface area contributed by atoms with E-state index in [1.54, 1.807) is 58.2 Å². The molecule has 172 valence electrons. The zero-order chi connectivity index (χ0) is 24.0. The largest absolute Gasteiger partial charge is 0.493 e. The quantitative estimate of drug-likeness (QED) is 0.413. The second kappa shape index (κ2) is 10.0. The van der Waals surface area contributed by atoms with E-state index in [4.69, 9.17) is 18.9 Å². The lowest BCUT2D eigenvalue weighted by atomic mass is 10.1. The highest BCUT2D eigenvalue weighted by molar-refractivity contribution is 5.97. The number of hydrogen-bond donors (Lipinski definition) is 1. The maximum absolute atomic E-state index is 12.2. The Bertz CT molecular complexity index is 1200. The molecule has 33 heavy (non-hydrogen) atoms. The minimum absolute atomic E-state index is 0.0461. The number of carbonyl (C=O) groups excluding carboxylic acids is 2. The summed E-state index contributed by atoms with van der Waals surface area (Å²) in [6.45, 7) is 5.20. The van der Waals surface area contributed by atoms with Crippen molar-refractivity contribution in [2.24, 2.45) is 0 Å². The molecule has 0 radical (unpaired) electrons. The molecule has 0 aliphatic carbocycles. The first-order valence-corrected chi connectivity index (χ1v) is 10.2. The number of alkyl carbamates (subject to hydrolysis) is 1. The van der Waals surface area contributed by atoms with Crippen LogP contribution in [-0.2, 0) is 14.3 Å². The number of pyridine rings is 1. The minimum Gasteiger partial charge on any atom is -0.493 e. The van der Waals surface area contributed by atoms with E-state index < -0.39 is 17.7 Å². The lowest BCUT2D eigenvalue weighted by molar-refractivity contribution is -0.136. The summed E-state index contributed by atoms with van der Waals surface area (Å²) < 4.78 is 21.2. The Balaban J connectivity index is 1.85. The molecule has 8 nitrogen and oxygen atoms in total. The number of amides is 1. The third-order valence-corrected chi connectivity index (χ3v) is 4.32. The molecule has 0 atom stereocenters. The van der Waals surface area contributed by atoms with Crippen molar-refractivity contribution in [1.82, 2.24) is 10.3 Å². The van der Waals surface area contributed by atoms with Crippen molar-refractivity contribution in [2.45, 2.75) is 26.4 Å². The molecule has 8 heteroatoms. The molecule has 3 rings (SSSR count). The molecular weight excluding hydrogens is 424 g/mol. The lowest BCUT2D eigenvalue weighted by Gasteiger charge is -2.20. The molecule has 2 aromatic carbocycles. The van der Waals surface area contributed by atoms with Gasteiger partial charge in [-0.3, -0.25) is 5.32 Å². The van der Waals surface area contributed by atoms with E-state index >= 15 is 0 Å². The van der Waals surface area contributed by atoms with E-state index in [2.05, 4.69) is 10.3 Å². The highest BCUT2D eigenvalue weighted by Gasteiger charge is 2.20. The maximum atomic E-state index is 12.2. The summed E-state index contributed by atoms with van der Waals surface area (Å²) in [5.74, 6) is 0.881. The number of fused-ring (bicyclic) bond motifs is 1. The Morgan fingerprint density at radius 1 is 0.970 bits per heavy atom. The van der Waals surface area contributed by atoms with Crippen LogP contribution < -0.4 is 14.8 Å². The Labute approximate surface area is 192 Å². The average molecular weight is 450 g/mol. The number of rotatable bonds is 6. The van der Waals surface area contributed by atoms with Crippen molar-refractivity contribution >= 4 is 29.0 Å². The van der Waals surface area contributed by atoms with E-state index in [1.807, 2.05) is 24.3 Å². The molecule has 1 N–H and O–H groups in total. The summed E-state index contributed by atoms with van der Waals surface area (Å²) in [6, 6.07) is 16.3. The third-order valence-electron chi connectivity index (χ3n) is 4.32. The normalized spacial score (nSPS) is 11.6. The number of para-hydroxylation sites is 2. The molecule has 3 aromatic rings. The topological polar surface area (TPSA) is 96.0 Å². The molecule has 1 heterocycles. The summed E-state index contributed by atoms with van der Waals surface area (Å²) in [7, 11) is 2.81. The number of esters is 1. The van der Waals surface area contributed by atoms with Gasteiger partial charge in [0, 0.05) is 11.5 Å². The molecule has 0 fully saturated rings. The van der Waals surface area contributed by atoms with Gasteiger partial charge in [-0.1, -0.05) is 18.2 Å². The van der Waals surface area contributed by atoms with Gasteiger partial charge in [-0.05, 0) is 62.7 Å². The molecular formula is C25H26N2O6. The van der Waals surface area contributed by atoms with E-state index in [1.165, 1.54) is 13.2 Å². The zero-order valence-electron chi connectivity index (χ0n) is 19.2. The second-order valence-electron chi connectivity index (χ2n) is 8.03. The number of methoxy groups -OCH3 is 2. The number of nitrogens with one attached hydrogen (secondary N) is 1. The fourth-order valence-electron chi connectivity index (χ4n) is 2.92. The first-order chi connectivity index (χ1) is 15.7. The van der Waals surface area contributed by atoms with Crippen molar-refractivity contribution in [1.29, 1.82) is 0 Å². The summed E-state index contributed by atoms with van der Waals surface area (Å²) >= 11 is 0. The van der Waals surface area contributed by atoms with E-state index in [9.17, 15) is 9.59 Å². The van der Waals surface area contributed by atoms with Crippen LogP contribution in [0.1, 0.15) is 26.3 Å². The molecule has 0 bridgehead atoms. The summed E-state index contributed by atoms with van der Waals surface area (Å²) in [4.78, 5) is 28.8. The molecule has 1 aromatic heterocycles. The third kappa shape index (κ3) is 6.46. The van der Waals surface area contributed by atoms with Crippen LogP contribution in [0.3, 0.4) is 0 Å². The van der Waals surface area contributed by atoms with Crippen molar-refractivity contribution in [3.63, 3.8) is 0 Å². The molecule has 0 spiro atoms. The monoisotopic (exact) mass is 450 g/mol. The van der Waals surface area contributed by atoms with Crippen molar-refractivity contribution in [3.05, 3.63) is 65.9 Å². The van der Waals surface area contributed by atoms with Crippen LogP contribution in [0.15, 0.2) is 60.3 Å². The first-order valence-electron chi connectivity index (χ1n) is 10.2. The maximum Gasteiger partial charge on any atom is 0.412 e. The predicted octanol–water partition coefficient (Wildman–Crippen LogP) is 5.07. The smallest absolute Gasteiger partial charge is 0.412 e. The minimum atomic E-state index is -0.750. The Hall–Kier alpha value is -4.07. The number of aromatic nitrogens is 1. The molecule has 0 aliphatic heterocycles. The highest BCUT2D eigenvalue weighted by atomic mass is 16.6. The van der Waals surface area contributed by atoms with Gasteiger partial charge in [-0.25, -0.2) is 14.6 Å². The molecule has 0 saturated heterocycles. The first kappa shape index (κ1) is 23.6. The van der Waals surface area contributed by atoms with Gasteiger partial charge in [0.25, 0.3) is 0 Å².